The third-order valence-corrected chi connectivity index (χ3v) is 21.8. The Bertz CT molecular complexity index is 6790. The van der Waals surface area contributed by atoms with Gasteiger partial charge in [0.15, 0.2) is 0 Å². The fourth-order valence-electron chi connectivity index (χ4n) is 15.2. The molecule has 0 saturated heterocycles. The molecule has 9 aromatic heterocycles. The van der Waals surface area contributed by atoms with E-state index < -0.39 is 0 Å². The Morgan fingerprint density at radius 3 is 0.480 bits per heavy atom. The fourth-order valence-corrected chi connectivity index (χ4v) is 15.2. The van der Waals surface area contributed by atoms with E-state index in [0.29, 0.717) is 0 Å². The molecular weight excluding hydrogens is 2320 g/mol. The molecule has 0 spiro atoms. The number of para-hydroxylation sites is 6. The number of benzene rings is 15. The maximum absolute atomic E-state index is 4.81. The van der Waals surface area contributed by atoms with E-state index in [1.165, 1.54) is 65.4 Å². The molecule has 12 nitrogen and oxygen atoms in total. The number of fused-ring (bicyclic) bond motifs is 9. The van der Waals surface area contributed by atoms with E-state index in [0.717, 1.165) is 135 Å². The van der Waals surface area contributed by atoms with E-state index in [-0.39, 0.29) is 63.2 Å². The van der Waals surface area contributed by atoms with Crippen molar-refractivity contribution in [2.24, 2.45) is 0 Å². The molecule has 0 saturated carbocycles. The van der Waals surface area contributed by atoms with Gasteiger partial charge in [0.2, 0.25) is 0 Å². The average molecular weight is 2450 g/mol. The Morgan fingerprint density at radius 1 is 0.169 bits per heavy atom. The number of pyridine rings is 3. The van der Waals surface area contributed by atoms with Crippen molar-refractivity contribution in [3.05, 3.63) is 526 Å². The Labute approximate surface area is 918 Å². The van der Waals surface area contributed by atoms with Gasteiger partial charge < -0.3 is 15.0 Å². The SMILES string of the molecule is CC.CC.CC.CC.CC.Cc1c[c-]cc(-c2nc(-c3ccccc3)cc(-c3ccccc3)n2)c1.Cc1c[c-]cc(-c2nc(-c3ccccc3)cc(-c3ccccc3)n2)c1.Cc1c[c-]cc(-c2nc(-c3ccccc3)cc(-c3ccccc3)n2)c1.Cc1ccccn1.Cc1ccccn1.Cc1ccccn1.[W].[W].[W].c1ccc2c(c1)[nH]c1ccccc12.c1ccc2c(c1)[nH]c1ccccc12.c1ccc2c(c1)[nH]c1ccccc12. The maximum Gasteiger partial charge on any atom is 0.105 e. The predicted octanol–water partition coefficient (Wildman–Crippen LogP) is 36.0. The zero-order chi connectivity index (χ0) is 103. The van der Waals surface area contributed by atoms with Crippen LogP contribution in [0, 0.1) is 59.7 Å². The van der Waals surface area contributed by atoms with E-state index in [2.05, 4.69) is 305 Å². The van der Waals surface area contributed by atoms with Gasteiger partial charge in [0.25, 0.3) is 0 Å². The summed E-state index contributed by atoms with van der Waals surface area (Å²) in [5.41, 5.74) is 28.9. The zero-order valence-electron chi connectivity index (χ0n) is 87.3. The molecule has 24 rings (SSSR count). The minimum Gasteiger partial charge on any atom is -0.355 e. The van der Waals surface area contributed by atoms with Gasteiger partial charge in [0.1, 0.15) is 17.5 Å². The van der Waals surface area contributed by atoms with Crippen LogP contribution in [0.15, 0.2) is 474 Å². The molecule has 15 aromatic carbocycles. The van der Waals surface area contributed by atoms with Crippen molar-refractivity contribution in [1.82, 2.24) is 59.8 Å². The summed E-state index contributed by atoms with van der Waals surface area (Å²) < 4.78 is 0. The van der Waals surface area contributed by atoms with Crippen LogP contribution in [0.5, 0.6) is 0 Å². The summed E-state index contributed by atoms with van der Waals surface area (Å²) in [6.07, 6.45) is 5.36. The van der Waals surface area contributed by atoms with E-state index in [1.54, 1.807) is 18.6 Å². The van der Waals surface area contributed by atoms with Crippen LogP contribution in [0.25, 0.3) is 167 Å². The standard InChI is InChI=1S/3C23H17N2.3C12H9N.3C6H7N.5C2H6.3W/c3*1-17-9-8-14-20(15-17)23-24-21(18-10-4-2-5-11-18)16-22(25-23)19-12-6-3-7-13-19;3*1-3-7-11-9(5-1)10-6-2-4-8-12(10)13-11;3*1-6-4-2-3-5-7-6;5*1-2;;;/h3*2-7,9-16H,1H3;3*1-8,13H;3*2-5H,1H3;5*1-2H3;;;/q3*-1;;;;;;;;;;;;;;. The van der Waals surface area contributed by atoms with Gasteiger partial charge in [-0.05, 0) is 112 Å². The summed E-state index contributed by atoms with van der Waals surface area (Å²) in [6, 6.07) is 163. The van der Waals surface area contributed by atoms with Crippen LogP contribution in [0.1, 0.15) is 103 Å². The number of H-pyrrole nitrogens is 3. The van der Waals surface area contributed by atoms with Crippen molar-refractivity contribution in [1.29, 1.82) is 0 Å². The predicted molar refractivity (Wildman–Crippen MR) is 617 cm³/mol. The maximum atomic E-state index is 4.81. The molecule has 742 valence electrons. The monoisotopic (exact) mass is 2450 g/mol. The molecule has 9 heterocycles. The number of aryl methyl sites for hydroxylation is 6. The first-order chi connectivity index (χ1) is 71.4. The molecule has 0 unspecified atom stereocenters. The first kappa shape index (κ1) is 118. The summed E-state index contributed by atoms with van der Waals surface area (Å²) in [5, 5.41) is 7.82. The topological polar surface area (TPSA) is 163 Å². The van der Waals surface area contributed by atoms with Gasteiger partial charge in [-0.1, -0.05) is 416 Å². The summed E-state index contributed by atoms with van der Waals surface area (Å²) in [5.74, 6) is 2.17. The summed E-state index contributed by atoms with van der Waals surface area (Å²) in [6.45, 7) is 32.1. The molecule has 0 fully saturated rings. The minimum absolute atomic E-state index is 0. The van der Waals surface area contributed by atoms with E-state index in [9.17, 15) is 0 Å². The van der Waals surface area contributed by atoms with Crippen LogP contribution in [0.4, 0.5) is 0 Å². The molecule has 0 radical (unpaired) electrons. The zero-order valence-corrected chi connectivity index (χ0v) is 96.1. The van der Waals surface area contributed by atoms with Crippen LogP contribution in [0.3, 0.4) is 0 Å². The molecule has 24 aromatic rings. The van der Waals surface area contributed by atoms with Crippen LogP contribution < -0.4 is 0 Å². The van der Waals surface area contributed by atoms with E-state index >= 15 is 0 Å². The Balaban J connectivity index is 0.000000207. The number of nitrogens with zero attached hydrogens (tertiary/aromatic N) is 9. The van der Waals surface area contributed by atoms with E-state index in [1.807, 2.05) is 308 Å². The van der Waals surface area contributed by atoms with Gasteiger partial charge in [-0.25, -0.2) is 29.9 Å². The molecule has 0 aliphatic heterocycles. The molecular formula is C133H129N12W3-3. The number of nitrogens with one attached hydrogen (secondary N) is 3. The molecule has 0 amide bonds. The molecule has 3 N–H and O–H groups in total. The van der Waals surface area contributed by atoms with Gasteiger partial charge >= 0.3 is 0 Å². The summed E-state index contributed by atoms with van der Waals surface area (Å²) >= 11 is 0. The smallest absolute Gasteiger partial charge is 0.105 e. The minimum atomic E-state index is 0. The fraction of sp³-hybridized carbons (Fsp3) is 0.120. The first-order valence-corrected chi connectivity index (χ1v) is 49.9. The molecule has 0 aliphatic rings. The molecule has 0 bridgehead atoms. The molecule has 0 atom stereocenters. The van der Waals surface area contributed by atoms with Crippen molar-refractivity contribution in [3.63, 3.8) is 0 Å². The van der Waals surface area contributed by atoms with Crippen LogP contribution in [0.2, 0.25) is 0 Å². The molecule has 15 heteroatoms. The van der Waals surface area contributed by atoms with Gasteiger partial charge in [-0.2, -0.15) is 89.5 Å². The van der Waals surface area contributed by atoms with Crippen LogP contribution in [-0.2, 0) is 63.2 Å². The first-order valence-electron chi connectivity index (χ1n) is 49.9. The van der Waals surface area contributed by atoms with Gasteiger partial charge in [-0.15, -0.1) is 0 Å². The quantitative estimate of drug-likeness (QED) is 0.119. The van der Waals surface area contributed by atoms with Crippen molar-refractivity contribution in [2.75, 3.05) is 0 Å². The van der Waals surface area contributed by atoms with Crippen molar-refractivity contribution in [3.8, 4) is 102 Å². The van der Waals surface area contributed by atoms with Gasteiger partial charge in [-0.3, -0.25) is 15.0 Å². The number of hydrogen-bond acceptors (Lipinski definition) is 9. The average Bonchev–Trinajstić information content (AvgIpc) is 1.65. The number of aromatic amines is 3. The third-order valence-electron chi connectivity index (χ3n) is 21.8. The second-order valence-corrected chi connectivity index (χ2v) is 32.0. The van der Waals surface area contributed by atoms with Crippen LogP contribution in [-0.4, -0.2) is 59.8 Å². The second kappa shape index (κ2) is 65.0. The Morgan fingerprint density at radius 2 is 0.331 bits per heavy atom. The summed E-state index contributed by atoms with van der Waals surface area (Å²) in [7, 11) is 0. The Kier molecular flexibility index (Phi) is 51.7. The number of hydrogen-bond donors (Lipinski definition) is 3. The van der Waals surface area contributed by atoms with Crippen LogP contribution >= 0.6 is 0 Å². The molecule has 0 aliphatic carbocycles. The Hall–Kier alpha value is -15.5. The van der Waals surface area contributed by atoms with Crippen molar-refractivity contribution in [2.45, 2.75) is 111 Å². The van der Waals surface area contributed by atoms with Crippen molar-refractivity contribution >= 4 is 65.4 Å². The molecule has 148 heavy (non-hydrogen) atoms. The third kappa shape index (κ3) is 35.4. The second-order valence-electron chi connectivity index (χ2n) is 32.0. The van der Waals surface area contributed by atoms with Crippen molar-refractivity contribution < 1.29 is 63.2 Å². The van der Waals surface area contributed by atoms with E-state index in [4.69, 9.17) is 29.9 Å². The number of rotatable bonds is 9. The number of aromatic nitrogens is 12. The normalized spacial score (nSPS) is 9.73. The van der Waals surface area contributed by atoms with Gasteiger partial charge in [0.05, 0.1) is 34.2 Å². The largest absolute Gasteiger partial charge is 0.355 e. The summed E-state index contributed by atoms with van der Waals surface area (Å²) in [4.78, 5) is 50.9. The van der Waals surface area contributed by atoms with Gasteiger partial charge in [0, 0.05) is 198 Å².